The van der Waals surface area contributed by atoms with E-state index in [-0.39, 0.29) is 5.91 Å². The molecule has 0 saturated carbocycles. The predicted octanol–water partition coefficient (Wildman–Crippen LogP) is 4.55. The number of amides is 1. The minimum Gasteiger partial charge on any atom is -0.497 e. The van der Waals surface area contributed by atoms with Crippen molar-refractivity contribution in [3.05, 3.63) is 95.6 Å². The molecule has 0 unspecified atom stereocenters. The van der Waals surface area contributed by atoms with Crippen LogP contribution in [0.5, 0.6) is 11.5 Å². The molecule has 0 N–H and O–H groups in total. The van der Waals surface area contributed by atoms with E-state index in [9.17, 15) is 4.79 Å². The molecule has 1 amide bonds. The van der Waals surface area contributed by atoms with E-state index in [1.54, 1.807) is 32.4 Å². The second kappa shape index (κ2) is 8.90. The molecule has 0 heterocycles. The average molecular weight is 361 g/mol. The van der Waals surface area contributed by atoms with Crippen molar-refractivity contribution in [2.24, 2.45) is 0 Å². The van der Waals surface area contributed by atoms with Gasteiger partial charge < -0.3 is 14.4 Å². The number of methoxy groups -OCH3 is 2. The molecule has 3 aromatic carbocycles. The van der Waals surface area contributed by atoms with Gasteiger partial charge in [-0.3, -0.25) is 4.79 Å². The fraction of sp³-hybridized carbons (Fsp3) is 0.174. The summed E-state index contributed by atoms with van der Waals surface area (Å²) in [6, 6.07) is 25.2. The maximum Gasteiger partial charge on any atom is 0.254 e. The number of hydrogen-bond acceptors (Lipinski definition) is 3. The maximum absolute atomic E-state index is 13.3. The first-order valence-electron chi connectivity index (χ1n) is 8.80. The molecule has 0 aliphatic carbocycles. The van der Waals surface area contributed by atoms with Crippen LogP contribution < -0.4 is 9.47 Å². The Morgan fingerprint density at radius 3 is 1.59 bits per heavy atom. The van der Waals surface area contributed by atoms with Gasteiger partial charge in [-0.2, -0.15) is 0 Å². The molecule has 0 saturated heterocycles. The van der Waals surface area contributed by atoms with Crippen LogP contribution >= 0.6 is 0 Å². The monoisotopic (exact) mass is 361 g/mol. The summed E-state index contributed by atoms with van der Waals surface area (Å²) in [6.07, 6.45) is 0. The van der Waals surface area contributed by atoms with Gasteiger partial charge in [0.15, 0.2) is 0 Å². The van der Waals surface area contributed by atoms with Gasteiger partial charge in [0.05, 0.1) is 14.2 Å². The second-order valence-corrected chi connectivity index (χ2v) is 6.23. The highest BCUT2D eigenvalue weighted by Crippen LogP contribution is 2.24. The summed E-state index contributed by atoms with van der Waals surface area (Å²) < 4.78 is 10.6. The lowest BCUT2D eigenvalue weighted by atomic mass is 10.1. The van der Waals surface area contributed by atoms with Gasteiger partial charge in [-0.15, -0.1) is 0 Å². The largest absolute Gasteiger partial charge is 0.497 e. The third kappa shape index (κ3) is 4.88. The minimum atomic E-state index is -0.0695. The van der Waals surface area contributed by atoms with Gasteiger partial charge in [0.2, 0.25) is 0 Å². The molecule has 3 rings (SSSR count). The average Bonchev–Trinajstić information content (AvgIpc) is 2.73. The summed E-state index contributed by atoms with van der Waals surface area (Å²) >= 11 is 0. The first-order valence-corrected chi connectivity index (χ1v) is 8.80. The molecule has 0 aliphatic rings. The van der Waals surface area contributed by atoms with Crippen LogP contribution in [0, 0.1) is 0 Å². The molecule has 0 bridgehead atoms. The van der Waals surface area contributed by atoms with E-state index in [1.807, 2.05) is 65.6 Å². The Labute approximate surface area is 160 Å². The van der Waals surface area contributed by atoms with Crippen molar-refractivity contribution in [1.82, 2.24) is 4.90 Å². The van der Waals surface area contributed by atoms with E-state index in [0.717, 1.165) is 11.1 Å². The molecule has 0 radical (unpaired) electrons. The van der Waals surface area contributed by atoms with Gasteiger partial charge in [-0.25, -0.2) is 0 Å². The van der Waals surface area contributed by atoms with Crippen molar-refractivity contribution in [3.63, 3.8) is 0 Å². The van der Waals surface area contributed by atoms with Crippen LogP contribution in [-0.4, -0.2) is 25.0 Å². The molecule has 0 fully saturated rings. The van der Waals surface area contributed by atoms with Gasteiger partial charge >= 0.3 is 0 Å². The molecular formula is C23H23NO3. The highest BCUT2D eigenvalue weighted by atomic mass is 16.5. The molecule has 27 heavy (non-hydrogen) atoms. The van der Waals surface area contributed by atoms with Crippen LogP contribution in [0.2, 0.25) is 0 Å². The molecule has 4 nitrogen and oxygen atoms in total. The van der Waals surface area contributed by atoms with Crippen LogP contribution in [0.1, 0.15) is 21.5 Å². The lowest BCUT2D eigenvalue weighted by Crippen LogP contribution is -2.30. The number of rotatable bonds is 7. The Morgan fingerprint density at radius 2 is 1.19 bits per heavy atom. The number of carbonyl (C=O) groups is 1. The van der Waals surface area contributed by atoms with Crippen LogP contribution in [0.3, 0.4) is 0 Å². The number of hydrogen-bond donors (Lipinski definition) is 0. The van der Waals surface area contributed by atoms with Crippen LogP contribution in [-0.2, 0) is 13.1 Å². The number of carbonyl (C=O) groups excluding carboxylic acids is 1. The van der Waals surface area contributed by atoms with Crippen molar-refractivity contribution >= 4 is 5.91 Å². The predicted molar refractivity (Wildman–Crippen MR) is 106 cm³/mol. The third-order valence-corrected chi connectivity index (χ3v) is 4.32. The number of benzene rings is 3. The summed E-state index contributed by atoms with van der Waals surface area (Å²) in [5, 5.41) is 0. The first kappa shape index (κ1) is 18.5. The van der Waals surface area contributed by atoms with Gasteiger partial charge in [-0.05, 0) is 23.3 Å². The Kier molecular flexibility index (Phi) is 6.10. The Morgan fingerprint density at radius 1 is 0.741 bits per heavy atom. The van der Waals surface area contributed by atoms with E-state index >= 15 is 0 Å². The summed E-state index contributed by atoms with van der Waals surface area (Å²) in [5.74, 6) is 1.12. The lowest BCUT2D eigenvalue weighted by Gasteiger charge is -2.24. The Hall–Kier alpha value is -3.27. The fourth-order valence-electron chi connectivity index (χ4n) is 2.92. The SMILES string of the molecule is COc1cc(OC)cc(C(=O)N(Cc2ccccc2)Cc2ccccc2)c1. The maximum atomic E-state index is 13.3. The van der Waals surface area contributed by atoms with E-state index in [2.05, 4.69) is 0 Å². The standard InChI is InChI=1S/C23H23NO3/c1-26-21-13-20(14-22(15-21)27-2)23(25)24(16-18-9-5-3-6-10-18)17-19-11-7-4-8-12-19/h3-15H,16-17H2,1-2H3. The van der Waals surface area contributed by atoms with Gasteiger partial charge in [0.1, 0.15) is 11.5 Å². The molecule has 3 aromatic rings. The lowest BCUT2D eigenvalue weighted by molar-refractivity contribution is 0.0729. The highest BCUT2D eigenvalue weighted by Gasteiger charge is 2.18. The minimum absolute atomic E-state index is 0.0695. The zero-order valence-corrected chi connectivity index (χ0v) is 15.6. The molecule has 0 aliphatic heterocycles. The summed E-state index contributed by atoms with van der Waals surface area (Å²) in [4.78, 5) is 15.1. The smallest absolute Gasteiger partial charge is 0.254 e. The van der Waals surface area contributed by atoms with Crippen LogP contribution in [0.4, 0.5) is 0 Å². The molecule has 0 aromatic heterocycles. The first-order chi connectivity index (χ1) is 13.2. The Bertz CT molecular complexity index is 815. The van der Waals surface area contributed by atoms with Crippen molar-refractivity contribution in [2.75, 3.05) is 14.2 Å². The normalized spacial score (nSPS) is 10.3. The molecular weight excluding hydrogens is 338 g/mol. The number of nitrogens with zero attached hydrogens (tertiary/aromatic N) is 1. The van der Waals surface area contributed by atoms with Crippen LogP contribution in [0.25, 0.3) is 0 Å². The van der Waals surface area contributed by atoms with Crippen molar-refractivity contribution < 1.29 is 14.3 Å². The molecule has 0 spiro atoms. The van der Waals surface area contributed by atoms with Crippen LogP contribution in [0.15, 0.2) is 78.9 Å². The van der Waals surface area contributed by atoms with E-state index in [4.69, 9.17) is 9.47 Å². The van der Waals surface area contributed by atoms with Gasteiger partial charge in [0, 0.05) is 24.7 Å². The highest BCUT2D eigenvalue weighted by molar-refractivity contribution is 5.95. The van der Waals surface area contributed by atoms with E-state index in [0.29, 0.717) is 30.2 Å². The fourth-order valence-corrected chi connectivity index (χ4v) is 2.92. The van der Waals surface area contributed by atoms with Crippen molar-refractivity contribution in [2.45, 2.75) is 13.1 Å². The quantitative estimate of drug-likeness (QED) is 0.620. The molecule has 0 atom stereocenters. The Balaban J connectivity index is 1.92. The molecule has 4 heteroatoms. The van der Waals surface area contributed by atoms with E-state index < -0.39 is 0 Å². The summed E-state index contributed by atoms with van der Waals surface area (Å²) in [6.45, 7) is 1.04. The summed E-state index contributed by atoms with van der Waals surface area (Å²) in [5.41, 5.74) is 2.70. The van der Waals surface area contributed by atoms with Crippen molar-refractivity contribution in [3.8, 4) is 11.5 Å². The molecule has 138 valence electrons. The zero-order chi connectivity index (χ0) is 19.1. The second-order valence-electron chi connectivity index (χ2n) is 6.23. The zero-order valence-electron chi connectivity index (χ0n) is 15.6. The van der Waals surface area contributed by atoms with Crippen molar-refractivity contribution in [1.29, 1.82) is 0 Å². The van der Waals surface area contributed by atoms with Gasteiger partial charge in [-0.1, -0.05) is 60.7 Å². The van der Waals surface area contributed by atoms with E-state index in [1.165, 1.54) is 0 Å². The topological polar surface area (TPSA) is 38.8 Å². The summed E-state index contributed by atoms with van der Waals surface area (Å²) in [7, 11) is 3.16. The number of ether oxygens (including phenoxy) is 2. The third-order valence-electron chi connectivity index (χ3n) is 4.32. The van der Waals surface area contributed by atoms with Gasteiger partial charge in [0.25, 0.3) is 5.91 Å².